The van der Waals surface area contributed by atoms with Gasteiger partial charge in [0.1, 0.15) is 16.9 Å². The van der Waals surface area contributed by atoms with Gasteiger partial charge in [-0.2, -0.15) is 0 Å². The number of nitrogens with one attached hydrogen (secondary N) is 1. The van der Waals surface area contributed by atoms with Crippen LogP contribution in [0, 0.1) is 17.7 Å². The predicted octanol–water partition coefficient (Wildman–Crippen LogP) is 3.26. The summed E-state index contributed by atoms with van der Waals surface area (Å²) in [5.41, 5.74) is 7.73. The van der Waals surface area contributed by atoms with Crippen molar-refractivity contribution in [1.82, 2.24) is 20.0 Å². The molecule has 10 nitrogen and oxygen atoms in total. The molecule has 4 heterocycles. The third kappa shape index (κ3) is 4.61. The second kappa shape index (κ2) is 10.7. The van der Waals surface area contributed by atoms with Crippen molar-refractivity contribution in [2.24, 2.45) is 17.6 Å². The number of fused-ring (bicyclic) bond motifs is 1. The van der Waals surface area contributed by atoms with Crippen molar-refractivity contribution < 1.29 is 28.0 Å². The molecule has 3 aliphatic rings. The molecule has 3 aromatic rings. The summed E-state index contributed by atoms with van der Waals surface area (Å²) in [5.74, 6) is -1.27. The number of aryl methyl sites for hydroxylation is 1. The van der Waals surface area contributed by atoms with Gasteiger partial charge < -0.3 is 29.6 Å². The number of H-pyrrole nitrogens is 1. The summed E-state index contributed by atoms with van der Waals surface area (Å²) < 4.78 is 32.9. The van der Waals surface area contributed by atoms with E-state index in [1.165, 1.54) is 0 Å². The number of benzene rings is 1. The Labute approximate surface area is 225 Å². The molecule has 2 saturated heterocycles. The molecule has 0 radical (unpaired) electrons. The van der Waals surface area contributed by atoms with E-state index in [1.807, 2.05) is 6.92 Å². The molecule has 6 rings (SSSR count). The predicted molar refractivity (Wildman–Crippen MR) is 139 cm³/mol. The maximum atomic E-state index is 16.1. The van der Waals surface area contributed by atoms with E-state index in [4.69, 9.17) is 24.7 Å². The Bertz CT molecular complexity index is 1370. The van der Waals surface area contributed by atoms with Crippen molar-refractivity contribution in [3.8, 4) is 0 Å². The van der Waals surface area contributed by atoms with E-state index in [1.54, 1.807) is 17.0 Å². The first-order valence-corrected chi connectivity index (χ1v) is 13.9. The molecule has 0 spiro atoms. The normalized spacial score (nSPS) is 23.1. The lowest BCUT2D eigenvalue weighted by atomic mass is 9.85. The van der Waals surface area contributed by atoms with Gasteiger partial charge in [0.25, 0.3) is 5.91 Å². The van der Waals surface area contributed by atoms with Crippen molar-refractivity contribution in [3.05, 3.63) is 46.4 Å². The van der Waals surface area contributed by atoms with Crippen LogP contribution in [0.5, 0.6) is 0 Å². The standard InChI is InChI=1S/C28H34FN5O5/c1-2-19-22(26(30)35)25(39-33-19)21(15-5-3-4-6-15)27-31-20-8-7-16(23(29)24(20)32-27)17-13-38-14-18(17)28(36)34-9-11-37-12-10-34/h7-8,15,17-18,21H,2-6,9-14H2,1H3,(H2,30,35)(H,31,32)/t17?,18?,21-/m1/s1. The van der Waals surface area contributed by atoms with Gasteiger partial charge in [-0.15, -0.1) is 0 Å². The van der Waals surface area contributed by atoms with Crippen LogP contribution in [0.3, 0.4) is 0 Å². The van der Waals surface area contributed by atoms with E-state index in [0.29, 0.717) is 66.6 Å². The highest BCUT2D eigenvalue weighted by Gasteiger charge is 2.41. The fraction of sp³-hybridized carbons (Fsp3) is 0.571. The van der Waals surface area contributed by atoms with Crippen molar-refractivity contribution in [2.75, 3.05) is 39.5 Å². The molecule has 2 unspecified atom stereocenters. The number of morpholine rings is 1. The third-order valence-electron chi connectivity index (χ3n) is 8.58. The van der Waals surface area contributed by atoms with Crippen molar-refractivity contribution in [2.45, 2.75) is 50.9 Å². The molecule has 0 bridgehead atoms. The molecule has 2 aliphatic heterocycles. The first-order valence-electron chi connectivity index (χ1n) is 13.9. The number of amides is 2. The smallest absolute Gasteiger partial charge is 0.254 e. The number of hydrogen-bond donors (Lipinski definition) is 2. The lowest BCUT2D eigenvalue weighted by molar-refractivity contribution is -0.140. The first-order chi connectivity index (χ1) is 19.0. The maximum Gasteiger partial charge on any atom is 0.254 e. The van der Waals surface area contributed by atoms with Gasteiger partial charge in [0.15, 0.2) is 11.6 Å². The van der Waals surface area contributed by atoms with Crippen LogP contribution in [0.15, 0.2) is 16.7 Å². The number of aromatic amines is 1. The second-order valence-electron chi connectivity index (χ2n) is 10.8. The minimum atomic E-state index is -0.590. The Morgan fingerprint density at radius 1 is 1.18 bits per heavy atom. The van der Waals surface area contributed by atoms with Crippen LogP contribution in [-0.4, -0.2) is 71.4 Å². The van der Waals surface area contributed by atoms with Crippen LogP contribution in [-0.2, 0) is 20.7 Å². The fourth-order valence-corrected chi connectivity index (χ4v) is 6.54. The molecule has 3 N–H and O–H groups in total. The van der Waals surface area contributed by atoms with E-state index in [9.17, 15) is 9.59 Å². The van der Waals surface area contributed by atoms with Gasteiger partial charge in [-0.05, 0) is 36.8 Å². The zero-order valence-electron chi connectivity index (χ0n) is 22.1. The van der Waals surface area contributed by atoms with Gasteiger partial charge in [0.05, 0.1) is 49.5 Å². The summed E-state index contributed by atoms with van der Waals surface area (Å²) in [4.78, 5) is 35.5. The lowest BCUT2D eigenvalue weighted by Crippen LogP contribution is -2.45. The number of aromatic nitrogens is 3. The highest BCUT2D eigenvalue weighted by atomic mass is 19.1. The number of primary amides is 1. The SMILES string of the molecule is CCc1noc([C@H](c2nc3c(F)c(C4COCC4C(=O)N4CCOCC4)ccc3[nH]2)C2CCCC2)c1C(N)=O. The van der Waals surface area contributed by atoms with Gasteiger partial charge >= 0.3 is 0 Å². The molecule has 3 fully saturated rings. The maximum absolute atomic E-state index is 16.1. The average Bonchev–Trinajstić information content (AvgIpc) is 3.76. The van der Waals surface area contributed by atoms with Gasteiger partial charge in [-0.1, -0.05) is 31.0 Å². The lowest BCUT2D eigenvalue weighted by Gasteiger charge is -2.30. The van der Waals surface area contributed by atoms with Gasteiger partial charge in [0.2, 0.25) is 5.91 Å². The van der Waals surface area contributed by atoms with Crippen LogP contribution in [0.2, 0.25) is 0 Å². The fourth-order valence-electron chi connectivity index (χ4n) is 6.54. The number of imidazole rings is 1. The van der Waals surface area contributed by atoms with Crippen LogP contribution < -0.4 is 5.73 Å². The molecule has 2 amide bonds. The average molecular weight is 540 g/mol. The zero-order chi connectivity index (χ0) is 27.1. The number of carbonyl (C=O) groups is 2. The topological polar surface area (TPSA) is 137 Å². The summed E-state index contributed by atoms with van der Waals surface area (Å²) in [5, 5.41) is 4.13. The number of ether oxygens (including phenoxy) is 2. The van der Waals surface area contributed by atoms with Crippen LogP contribution in [0.25, 0.3) is 11.0 Å². The van der Waals surface area contributed by atoms with Crippen molar-refractivity contribution >= 4 is 22.8 Å². The third-order valence-corrected chi connectivity index (χ3v) is 8.58. The Hall–Kier alpha value is -3.31. The highest BCUT2D eigenvalue weighted by molar-refractivity contribution is 5.95. The van der Waals surface area contributed by atoms with Gasteiger partial charge in [-0.3, -0.25) is 9.59 Å². The zero-order valence-corrected chi connectivity index (χ0v) is 22.1. The number of hydrogen-bond acceptors (Lipinski definition) is 7. The van der Waals surface area contributed by atoms with Crippen LogP contribution in [0.4, 0.5) is 4.39 Å². The Morgan fingerprint density at radius 3 is 2.67 bits per heavy atom. The molecule has 11 heteroatoms. The Morgan fingerprint density at radius 2 is 1.95 bits per heavy atom. The molecular weight excluding hydrogens is 505 g/mol. The Kier molecular flexibility index (Phi) is 7.11. The monoisotopic (exact) mass is 539 g/mol. The molecule has 1 aromatic carbocycles. The summed E-state index contributed by atoms with van der Waals surface area (Å²) in [7, 11) is 0. The number of halogens is 1. The second-order valence-corrected chi connectivity index (χ2v) is 10.8. The largest absolute Gasteiger partial charge is 0.380 e. The van der Waals surface area contributed by atoms with E-state index in [0.717, 1.165) is 25.7 Å². The summed E-state index contributed by atoms with van der Waals surface area (Å²) in [6.07, 6.45) is 4.48. The first kappa shape index (κ1) is 25.9. The minimum absolute atomic E-state index is 0.0275. The van der Waals surface area contributed by atoms with Crippen LogP contribution in [0.1, 0.15) is 77.6 Å². The van der Waals surface area contributed by atoms with Crippen LogP contribution >= 0.6 is 0 Å². The summed E-state index contributed by atoms with van der Waals surface area (Å²) in [6.45, 7) is 4.49. The van der Waals surface area contributed by atoms with Crippen molar-refractivity contribution in [3.63, 3.8) is 0 Å². The van der Waals surface area contributed by atoms with E-state index < -0.39 is 29.5 Å². The summed E-state index contributed by atoms with van der Waals surface area (Å²) >= 11 is 0. The molecule has 3 atom stereocenters. The van der Waals surface area contributed by atoms with E-state index >= 15 is 4.39 Å². The molecular formula is C28H34FN5O5. The quantitative estimate of drug-likeness (QED) is 0.470. The molecule has 1 aliphatic carbocycles. The summed E-state index contributed by atoms with van der Waals surface area (Å²) in [6, 6.07) is 3.53. The highest BCUT2D eigenvalue weighted by Crippen LogP contribution is 2.43. The van der Waals surface area contributed by atoms with E-state index in [-0.39, 0.29) is 30.6 Å². The number of rotatable bonds is 7. The van der Waals surface area contributed by atoms with Gasteiger partial charge in [-0.25, -0.2) is 9.37 Å². The molecule has 39 heavy (non-hydrogen) atoms. The number of carbonyl (C=O) groups excluding carboxylic acids is 2. The number of nitrogens with two attached hydrogens (primary N) is 1. The molecule has 2 aromatic heterocycles. The molecule has 208 valence electrons. The van der Waals surface area contributed by atoms with Gasteiger partial charge in [0, 0.05) is 19.0 Å². The molecule has 1 saturated carbocycles. The minimum Gasteiger partial charge on any atom is -0.380 e. The van der Waals surface area contributed by atoms with Crippen molar-refractivity contribution in [1.29, 1.82) is 0 Å². The number of nitrogens with zero attached hydrogens (tertiary/aromatic N) is 3. The Balaban J connectivity index is 1.37. The van der Waals surface area contributed by atoms with E-state index in [2.05, 4.69) is 10.1 Å².